The predicted octanol–water partition coefficient (Wildman–Crippen LogP) is 4.41. The van der Waals surface area contributed by atoms with Crippen molar-refractivity contribution in [1.29, 1.82) is 0 Å². The van der Waals surface area contributed by atoms with Crippen LogP contribution in [0.25, 0.3) is 0 Å². The zero-order valence-electron chi connectivity index (χ0n) is 14.9. The van der Waals surface area contributed by atoms with Gasteiger partial charge in [-0.1, -0.05) is 66.7 Å². The number of hydrogen-bond donors (Lipinski definition) is 0. The van der Waals surface area contributed by atoms with Gasteiger partial charge in [0.05, 0.1) is 0 Å². The predicted molar refractivity (Wildman–Crippen MR) is 103 cm³/mol. The van der Waals surface area contributed by atoms with E-state index in [4.69, 9.17) is 9.47 Å². The molecule has 0 saturated carbocycles. The van der Waals surface area contributed by atoms with Crippen molar-refractivity contribution in [3.63, 3.8) is 0 Å². The minimum atomic E-state index is -1.68. The quantitative estimate of drug-likeness (QED) is 0.441. The molecule has 0 heterocycles. The Morgan fingerprint density at radius 3 is 1.81 bits per heavy atom. The van der Waals surface area contributed by atoms with E-state index >= 15 is 0 Å². The van der Waals surface area contributed by atoms with Crippen molar-refractivity contribution >= 4 is 12.1 Å². The van der Waals surface area contributed by atoms with Gasteiger partial charge in [-0.3, -0.25) is 9.59 Å². The molecule has 0 amide bonds. The third-order valence-corrected chi connectivity index (χ3v) is 4.12. The number of Topliss-reactive ketones (excluding diaryl/α,β-unsaturated/α-hetero) is 1. The van der Waals surface area contributed by atoms with Crippen LogP contribution in [0.4, 0.5) is 0 Å². The molecule has 0 aromatic heterocycles. The second-order valence-corrected chi connectivity index (χ2v) is 6.23. The maximum atomic E-state index is 13.3. The van der Waals surface area contributed by atoms with Crippen LogP contribution in [0.5, 0.6) is 11.5 Å². The summed E-state index contributed by atoms with van der Waals surface area (Å²) in [6, 6.07) is 26.9. The SMILES string of the molecule is CC(C=O)(Oc1ccccc1)C(=O)C(Oc1ccccc1)c1ccccc1. The van der Waals surface area contributed by atoms with Gasteiger partial charge >= 0.3 is 0 Å². The second kappa shape index (κ2) is 8.32. The molecule has 0 aliphatic heterocycles. The van der Waals surface area contributed by atoms with Gasteiger partial charge in [0.1, 0.15) is 11.5 Å². The summed E-state index contributed by atoms with van der Waals surface area (Å²) in [5.74, 6) is 0.496. The summed E-state index contributed by atoms with van der Waals surface area (Å²) in [4.78, 5) is 25.2. The van der Waals surface area contributed by atoms with Gasteiger partial charge in [-0.05, 0) is 31.2 Å². The summed E-state index contributed by atoms with van der Waals surface area (Å²) >= 11 is 0. The van der Waals surface area contributed by atoms with E-state index in [1.54, 1.807) is 48.5 Å². The summed E-state index contributed by atoms with van der Waals surface area (Å²) in [5, 5.41) is 0. The van der Waals surface area contributed by atoms with E-state index in [0.29, 0.717) is 23.3 Å². The molecule has 136 valence electrons. The zero-order valence-corrected chi connectivity index (χ0v) is 14.9. The van der Waals surface area contributed by atoms with Gasteiger partial charge in [-0.25, -0.2) is 0 Å². The van der Waals surface area contributed by atoms with E-state index in [1.807, 2.05) is 42.5 Å². The number of hydrogen-bond acceptors (Lipinski definition) is 4. The molecule has 4 heteroatoms. The highest BCUT2D eigenvalue weighted by atomic mass is 16.5. The minimum absolute atomic E-state index is 0.437. The Hall–Kier alpha value is -3.40. The number of carbonyl (C=O) groups excluding carboxylic acids is 2. The topological polar surface area (TPSA) is 52.6 Å². The fourth-order valence-corrected chi connectivity index (χ4v) is 2.66. The van der Waals surface area contributed by atoms with E-state index in [9.17, 15) is 9.59 Å². The minimum Gasteiger partial charge on any atom is -0.478 e. The smallest absolute Gasteiger partial charge is 0.228 e. The highest BCUT2D eigenvalue weighted by Crippen LogP contribution is 2.28. The summed E-state index contributed by atoms with van der Waals surface area (Å²) < 4.78 is 11.7. The van der Waals surface area contributed by atoms with Crippen molar-refractivity contribution in [2.24, 2.45) is 0 Å². The van der Waals surface area contributed by atoms with Crippen LogP contribution in [0.15, 0.2) is 91.0 Å². The molecule has 3 aromatic rings. The molecule has 27 heavy (non-hydrogen) atoms. The van der Waals surface area contributed by atoms with E-state index in [2.05, 4.69) is 0 Å². The lowest BCUT2D eigenvalue weighted by Crippen LogP contribution is -2.47. The van der Waals surface area contributed by atoms with Gasteiger partial charge in [-0.15, -0.1) is 0 Å². The molecule has 3 aromatic carbocycles. The lowest BCUT2D eigenvalue weighted by atomic mass is 9.93. The van der Waals surface area contributed by atoms with Crippen LogP contribution < -0.4 is 9.47 Å². The van der Waals surface area contributed by atoms with E-state index in [1.165, 1.54) is 6.92 Å². The Morgan fingerprint density at radius 1 is 0.815 bits per heavy atom. The third kappa shape index (κ3) is 4.42. The first-order chi connectivity index (χ1) is 13.1. The maximum absolute atomic E-state index is 13.3. The molecule has 4 nitrogen and oxygen atoms in total. The Labute approximate surface area is 158 Å². The molecule has 0 saturated heterocycles. The summed E-state index contributed by atoms with van der Waals surface area (Å²) in [7, 11) is 0. The van der Waals surface area contributed by atoms with Gasteiger partial charge in [0, 0.05) is 5.56 Å². The first-order valence-corrected chi connectivity index (χ1v) is 8.64. The van der Waals surface area contributed by atoms with Crippen LogP contribution in [-0.2, 0) is 9.59 Å². The molecular formula is C23H20O4. The van der Waals surface area contributed by atoms with Crippen molar-refractivity contribution in [3.05, 3.63) is 96.6 Å². The number of para-hydroxylation sites is 2. The van der Waals surface area contributed by atoms with Crippen LogP contribution in [0.1, 0.15) is 18.6 Å². The first kappa shape index (κ1) is 18.4. The zero-order chi connectivity index (χ0) is 19.1. The summed E-state index contributed by atoms with van der Waals surface area (Å²) in [6.45, 7) is 1.46. The number of aldehydes is 1. The van der Waals surface area contributed by atoms with Crippen LogP contribution in [0.2, 0.25) is 0 Å². The molecule has 2 atom stereocenters. The van der Waals surface area contributed by atoms with Gasteiger partial charge in [-0.2, -0.15) is 0 Å². The Morgan fingerprint density at radius 2 is 1.30 bits per heavy atom. The lowest BCUT2D eigenvalue weighted by Gasteiger charge is -2.28. The Balaban J connectivity index is 1.94. The Kier molecular flexibility index (Phi) is 5.67. The second-order valence-electron chi connectivity index (χ2n) is 6.23. The first-order valence-electron chi connectivity index (χ1n) is 8.64. The van der Waals surface area contributed by atoms with Crippen molar-refractivity contribution in [2.75, 3.05) is 0 Å². The third-order valence-electron chi connectivity index (χ3n) is 4.12. The molecule has 0 N–H and O–H groups in total. The van der Waals surface area contributed by atoms with Crippen LogP contribution >= 0.6 is 0 Å². The normalized spacial score (nSPS) is 13.8. The number of ether oxygens (including phenoxy) is 2. The van der Waals surface area contributed by atoms with E-state index in [0.717, 1.165) is 0 Å². The largest absolute Gasteiger partial charge is 0.478 e. The molecule has 3 rings (SSSR count). The molecule has 2 unspecified atom stereocenters. The number of rotatable bonds is 8. The molecular weight excluding hydrogens is 340 g/mol. The van der Waals surface area contributed by atoms with E-state index in [-0.39, 0.29) is 0 Å². The molecule has 0 fully saturated rings. The van der Waals surface area contributed by atoms with Gasteiger partial charge in [0.2, 0.25) is 11.4 Å². The van der Waals surface area contributed by atoms with Crippen LogP contribution in [0.3, 0.4) is 0 Å². The fraction of sp³-hybridized carbons (Fsp3) is 0.130. The molecule has 0 aliphatic carbocycles. The number of ketones is 1. The average Bonchev–Trinajstić information content (AvgIpc) is 2.73. The van der Waals surface area contributed by atoms with Crippen molar-refractivity contribution in [2.45, 2.75) is 18.6 Å². The molecule has 0 radical (unpaired) electrons. The van der Waals surface area contributed by atoms with Crippen LogP contribution in [-0.4, -0.2) is 17.7 Å². The van der Waals surface area contributed by atoms with Crippen molar-refractivity contribution < 1.29 is 19.1 Å². The highest BCUT2D eigenvalue weighted by molar-refractivity contribution is 6.04. The number of benzene rings is 3. The number of carbonyl (C=O) groups is 2. The van der Waals surface area contributed by atoms with Gasteiger partial charge in [0.25, 0.3) is 0 Å². The highest BCUT2D eigenvalue weighted by Gasteiger charge is 2.42. The van der Waals surface area contributed by atoms with Gasteiger partial charge < -0.3 is 9.47 Å². The lowest BCUT2D eigenvalue weighted by molar-refractivity contribution is -0.145. The molecule has 0 aliphatic rings. The maximum Gasteiger partial charge on any atom is 0.228 e. The summed E-state index contributed by atoms with van der Waals surface area (Å²) in [6.07, 6.45) is -0.459. The monoisotopic (exact) mass is 360 g/mol. The summed E-state index contributed by atoms with van der Waals surface area (Å²) in [5.41, 5.74) is -1.03. The van der Waals surface area contributed by atoms with Crippen molar-refractivity contribution in [3.8, 4) is 11.5 Å². The van der Waals surface area contributed by atoms with Crippen molar-refractivity contribution in [1.82, 2.24) is 0 Å². The molecule has 0 spiro atoms. The van der Waals surface area contributed by atoms with Crippen LogP contribution in [0, 0.1) is 0 Å². The average molecular weight is 360 g/mol. The van der Waals surface area contributed by atoms with E-state index < -0.39 is 17.5 Å². The molecule has 0 bridgehead atoms. The Bertz CT molecular complexity index is 878. The standard InChI is InChI=1S/C23H20O4/c1-23(17-24,27-20-15-9-4-10-16-20)22(25)21(18-11-5-2-6-12-18)26-19-13-7-3-8-14-19/h2-17,21H,1H3. The van der Waals surface area contributed by atoms with Gasteiger partial charge in [0.15, 0.2) is 12.4 Å². The fourth-order valence-electron chi connectivity index (χ4n) is 2.66.